The van der Waals surface area contributed by atoms with Crippen molar-refractivity contribution < 1.29 is 17.2 Å². The molecule has 0 fully saturated rings. The van der Waals surface area contributed by atoms with E-state index in [9.17, 15) is 8.42 Å². The topological polar surface area (TPSA) is 63.6 Å². The maximum atomic E-state index is 10.8. The van der Waals surface area contributed by atoms with E-state index in [-0.39, 0.29) is 6.10 Å². The molecule has 0 amide bonds. The van der Waals surface area contributed by atoms with Crippen molar-refractivity contribution in [2.24, 2.45) is 0 Å². The first-order chi connectivity index (χ1) is 9.99. The van der Waals surface area contributed by atoms with Crippen LogP contribution < -0.4 is 0 Å². The Balaban J connectivity index is 3.74. The summed E-state index contributed by atoms with van der Waals surface area (Å²) in [4.78, 5) is 0. The molecule has 1 unspecified atom stereocenters. The number of hydrogen-bond donors (Lipinski definition) is 1. The lowest BCUT2D eigenvalue weighted by Gasteiger charge is -2.15. The second-order valence-electron chi connectivity index (χ2n) is 5.91. The van der Waals surface area contributed by atoms with E-state index in [0.717, 1.165) is 38.5 Å². The Hall–Kier alpha value is -0.130. The van der Waals surface area contributed by atoms with Crippen LogP contribution in [0.2, 0.25) is 0 Å². The molecule has 0 heterocycles. The van der Waals surface area contributed by atoms with Crippen LogP contribution in [0.25, 0.3) is 0 Å². The lowest BCUT2D eigenvalue weighted by molar-refractivity contribution is 0.157. The molecule has 0 aliphatic carbocycles. The quantitative estimate of drug-likeness (QED) is 0.329. The monoisotopic (exact) mass is 322 g/mol. The van der Waals surface area contributed by atoms with E-state index in [4.69, 9.17) is 8.74 Å². The van der Waals surface area contributed by atoms with Gasteiger partial charge in [-0.05, 0) is 12.8 Å². The van der Waals surface area contributed by atoms with Crippen molar-refractivity contribution >= 4 is 10.4 Å². The molecule has 0 radical (unpaired) electrons. The summed E-state index contributed by atoms with van der Waals surface area (Å²) in [5, 5.41) is 0. The van der Waals surface area contributed by atoms with Gasteiger partial charge in [-0.25, -0.2) is 4.18 Å². The van der Waals surface area contributed by atoms with Crippen molar-refractivity contribution in [2.75, 3.05) is 0 Å². The first kappa shape index (κ1) is 20.9. The Kier molecular flexibility index (Phi) is 13.4. The lowest BCUT2D eigenvalue weighted by atomic mass is 10.0. The maximum absolute atomic E-state index is 10.8. The fourth-order valence-electron chi connectivity index (χ4n) is 2.54. The number of unbranched alkanes of at least 4 members (excludes halogenated alkanes) is 9. The zero-order valence-corrected chi connectivity index (χ0v) is 14.7. The molecule has 0 aliphatic rings. The third kappa shape index (κ3) is 16.1. The van der Waals surface area contributed by atoms with Crippen LogP contribution in [0.4, 0.5) is 0 Å². The predicted octanol–water partition coefficient (Wildman–Crippen LogP) is 5.29. The van der Waals surface area contributed by atoms with Crippen molar-refractivity contribution in [2.45, 2.75) is 103 Å². The molecular weight excluding hydrogens is 288 g/mol. The Morgan fingerprint density at radius 1 is 0.762 bits per heavy atom. The average molecular weight is 323 g/mol. The van der Waals surface area contributed by atoms with Gasteiger partial charge >= 0.3 is 10.4 Å². The van der Waals surface area contributed by atoms with Crippen LogP contribution in [0.3, 0.4) is 0 Å². The smallest absolute Gasteiger partial charge is 0.264 e. The molecule has 21 heavy (non-hydrogen) atoms. The summed E-state index contributed by atoms with van der Waals surface area (Å²) in [6.45, 7) is 4.32. The maximum Gasteiger partial charge on any atom is 0.397 e. The lowest BCUT2D eigenvalue weighted by Crippen LogP contribution is -2.18. The molecule has 0 aromatic rings. The third-order valence-electron chi connectivity index (χ3n) is 3.77. The predicted molar refractivity (Wildman–Crippen MR) is 87.8 cm³/mol. The van der Waals surface area contributed by atoms with Gasteiger partial charge in [0.1, 0.15) is 0 Å². The van der Waals surface area contributed by atoms with Crippen molar-refractivity contribution in [1.82, 2.24) is 0 Å². The Labute approximate surface area is 131 Å². The Morgan fingerprint density at radius 3 is 1.62 bits per heavy atom. The number of rotatable bonds is 15. The minimum Gasteiger partial charge on any atom is -0.264 e. The molecule has 1 N–H and O–H groups in total. The first-order valence-electron chi connectivity index (χ1n) is 8.65. The van der Waals surface area contributed by atoms with Crippen LogP contribution in [0.1, 0.15) is 97.3 Å². The van der Waals surface area contributed by atoms with E-state index in [1.54, 1.807) is 0 Å². The SMILES string of the molecule is CCCCCCCCCCC(CCCCC)OS(=O)(=O)O. The molecule has 5 heteroatoms. The highest BCUT2D eigenvalue weighted by atomic mass is 32.3. The third-order valence-corrected chi connectivity index (χ3v) is 4.28. The van der Waals surface area contributed by atoms with Gasteiger partial charge in [0.15, 0.2) is 0 Å². The van der Waals surface area contributed by atoms with Crippen molar-refractivity contribution in [3.63, 3.8) is 0 Å². The molecule has 0 bridgehead atoms. The summed E-state index contributed by atoms with van der Waals surface area (Å²) in [5.41, 5.74) is 0. The Morgan fingerprint density at radius 2 is 1.14 bits per heavy atom. The molecule has 0 aromatic carbocycles. The van der Waals surface area contributed by atoms with Crippen molar-refractivity contribution in [3.05, 3.63) is 0 Å². The van der Waals surface area contributed by atoms with Gasteiger partial charge in [0, 0.05) is 0 Å². The van der Waals surface area contributed by atoms with E-state index in [1.165, 1.54) is 38.5 Å². The summed E-state index contributed by atoms with van der Waals surface area (Å²) in [5.74, 6) is 0. The van der Waals surface area contributed by atoms with E-state index >= 15 is 0 Å². The van der Waals surface area contributed by atoms with Gasteiger partial charge in [-0.1, -0.05) is 84.5 Å². The van der Waals surface area contributed by atoms with Crippen molar-refractivity contribution in [1.29, 1.82) is 0 Å². The first-order valence-corrected chi connectivity index (χ1v) is 10.0. The normalized spacial score (nSPS) is 13.5. The van der Waals surface area contributed by atoms with Gasteiger partial charge < -0.3 is 0 Å². The average Bonchev–Trinajstić information content (AvgIpc) is 2.40. The summed E-state index contributed by atoms with van der Waals surface area (Å²) >= 11 is 0. The summed E-state index contributed by atoms with van der Waals surface area (Å²) < 4.78 is 35.3. The van der Waals surface area contributed by atoms with E-state index in [0.29, 0.717) is 6.42 Å². The summed E-state index contributed by atoms with van der Waals surface area (Å²) in [7, 11) is -4.32. The molecule has 4 nitrogen and oxygen atoms in total. The fraction of sp³-hybridized carbons (Fsp3) is 1.00. The molecule has 128 valence electrons. The van der Waals surface area contributed by atoms with Crippen LogP contribution >= 0.6 is 0 Å². The highest BCUT2D eigenvalue weighted by Gasteiger charge is 2.16. The van der Waals surface area contributed by atoms with Crippen LogP contribution in [-0.4, -0.2) is 19.1 Å². The standard InChI is InChI=1S/C16H34O4S/c1-3-5-7-8-9-10-11-13-15-16(14-12-6-4-2)20-21(17,18)19/h16H,3-15H2,1-2H3,(H,17,18,19). The molecule has 1 atom stereocenters. The molecule has 0 rings (SSSR count). The molecule has 0 aromatic heterocycles. The Bertz CT molecular complexity index is 314. The minimum atomic E-state index is -4.32. The van der Waals surface area contributed by atoms with Gasteiger partial charge in [0.2, 0.25) is 0 Å². The van der Waals surface area contributed by atoms with E-state index < -0.39 is 10.4 Å². The van der Waals surface area contributed by atoms with Crippen LogP contribution in [-0.2, 0) is 14.6 Å². The van der Waals surface area contributed by atoms with Gasteiger partial charge in [0.25, 0.3) is 0 Å². The molecule has 0 aliphatic heterocycles. The molecular formula is C16H34O4S. The molecule has 0 saturated carbocycles. The van der Waals surface area contributed by atoms with E-state index in [2.05, 4.69) is 13.8 Å². The second-order valence-corrected chi connectivity index (χ2v) is 6.95. The zero-order valence-electron chi connectivity index (χ0n) is 13.8. The zero-order chi connectivity index (χ0) is 16.0. The van der Waals surface area contributed by atoms with Crippen molar-refractivity contribution in [3.8, 4) is 0 Å². The van der Waals surface area contributed by atoms with Gasteiger partial charge in [-0.3, -0.25) is 4.55 Å². The van der Waals surface area contributed by atoms with Gasteiger partial charge in [-0.15, -0.1) is 0 Å². The highest BCUT2D eigenvalue weighted by molar-refractivity contribution is 7.80. The van der Waals surface area contributed by atoms with E-state index in [1.807, 2.05) is 0 Å². The minimum absolute atomic E-state index is 0.355. The van der Waals surface area contributed by atoms with Crippen LogP contribution in [0.5, 0.6) is 0 Å². The number of hydrogen-bond acceptors (Lipinski definition) is 3. The highest BCUT2D eigenvalue weighted by Crippen LogP contribution is 2.17. The largest absolute Gasteiger partial charge is 0.397 e. The molecule has 0 saturated heterocycles. The summed E-state index contributed by atoms with van der Waals surface area (Å²) in [6, 6.07) is 0. The fourth-order valence-corrected chi connectivity index (χ4v) is 3.08. The van der Waals surface area contributed by atoms with Crippen LogP contribution in [0, 0.1) is 0 Å². The molecule has 0 spiro atoms. The van der Waals surface area contributed by atoms with Gasteiger partial charge in [-0.2, -0.15) is 8.42 Å². The summed E-state index contributed by atoms with van der Waals surface area (Å²) in [6.07, 6.45) is 14.0. The van der Waals surface area contributed by atoms with Gasteiger partial charge in [0.05, 0.1) is 6.10 Å². The second kappa shape index (κ2) is 13.5. The van der Waals surface area contributed by atoms with Crippen LogP contribution in [0.15, 0.2) is 0 Å².